The van der Waals surface area contributed by atoms with E-state index in [1.54, 1.807) is 6.07 Å². The van der Waals surface area contributed by atoms with Crippen LogP contribution in [0.2, 0.25) is 5.02 Å². The first-order valence-electron chi connectivity index (χ1n) is 8.97. The third-order valence-electron chi connectivity index (χ3n) is 4.73. The highest BCUT2D eigenvalue weighted by atomic mass is 35.5. The first-order chi connectivity index (χ1) is 14.0. The lowest BCUT2D eigenvalue weighted by atomic mass is 10.1. The number of rotatable bonds is 6. The molecule has 4 atom stereocenters. The lowest BCUT2D eigenvalue weighted by Crippen LogP contribution is -2.33. The van der Waals surface area contributed by atoms with Gasteiger partial charge in [0.05, 0.1) is 19.5 Å². The van der Waals surface area contributed by atoms with Crippen LogP contribution < -0.4 is 10.5 Å². The van der Waals surface area contributed by atoms with Gasteiger partial charge < -0.3 is 30.5 Å². The number of halogens is 1. The number of nitrogens with zero attached hydrogens (tertiary/aromatic N) is 4. The number of fused-ring (bicyclic) bond motifs is 1. The minimum Gasteiger partial charge on any atom is -0.463 e. The van der Waals surface area contributed by atoms with Gasteiger partial charge in [-0.25, -0.2) is 4.98 Å². The second kappa shape index (κ2) is 8.09. The fourth-order valence-corrected chi connectivity index (χ4v) is 3.44. The SMILES string of the molecule is Nc1nc(OCCc2cccc(Cl)c2)nc2c1ncn2[C@@H]1O[C@H](CO)[C@@H](O)[C@H]1O. The number of aromatic nitrogens is 4. The third kappa shape index (κ3) is 3.85. The van der Waals surface area contributed by atoms with Gasteiger partial charge in [0.25, 0.3) is 0 Å². The van der Waals surface area contributed by atoms with Crippen molar-refractivity contribution in [3.05, 3.63) is 41.2 Å². The zero-order chi connectivity index (χ0) is 20.5. The number of benzene rings is 1. The molecule has 11 heteroatoms. The smallest absolute Gasteiger partial charge is 0.320 e. The van der Waals surface area contributed by atoms with Crippen LogP contribution in [-0.2, 0) is 11.2 Å². The van der Waals surface area contributed by atoms with Gasteiger partial charge in [-0.3, -0.25) is 4.57 Å². The first kappa shape index (κ1) is 19.8. The number of nitrogens with two attached hydrogens (primary N) is 1. The topological polar surface area (TPSA) is 149 Å². The number of anilines is 1. The quantitative estimate of drug-likeness (QED) is 0.440. The number of aliphatic hydroxyl groups is 3. The van der Waals surface area contributed by atoms with E-state index in [9.17, 15) is 15.3 Å². The highest BCUT2D eigenvalue weighted by molar-refractivity contribution is 6.30. The standard InChI is InChI=1S/C18H20ClN5O5/c19-10-3-1-2-9(6-10)4-5-28-18-22-15(20)12-16(23-18)24(8-21-12)17-14(27)13(26)11(7-25)29-17/h1-3,6,8,11,13-14,17,25-27H,4-5,7H2,(H2,20,22,23)/t11-,13-,14-,17-/m1/s1. The van der Waals surface area contributed by atoms with Crippen molar-refractivity contribution >= 4 is 28.6 Å². The lowest BCUT2D eigenvalue weighted by molar-refractivity contribution is -0.0511. The van der Waals surface area contributed by atoms with Gasteiger partial charge in [-0.05, 0) is 17.7 Å². The predicted octanol–water partition coefficient (Wildman–Crippen LogP) is 0.295. The van der Waals surface area contributed by atoms with Crippen LogP contribution in [0.25, 0.3) is 11.2 Å². The predicted molar refractivity (Wildman–Crippen MR) is 103 cm³/mol. The molecule has 0 bridgehead atoms. The molecule has 154 valence electrons. The molecule has 1 saturated heterocycles. The van der Waals surface area contributed by atoms with Crippen molar-refractivity contribution in [1.82, 2.24) is 19.5 Å². The molecule has 1 aromatic carbocycles. The van der Waals surface area contributed by atoms with E-state index < -0.39 is 31.1 Å². The van der Waals surface area contributed by atoms with E-state index in [0.717, 1.165) is 5.56 Å². The Balaban J connectivity index is 1.55. The molecule has 0 saturated carbocycles. The van der Waals surface area contributed by atoms with E-state index >= 15 is 0 Å². The maximum atomic E-state index is 10.3. The summed E-state index contributed by atoms with van der Waals surface area (Å²) in [5, 5.41) is 30.2. The fraction of sp³-hybridized carbons (Fsp3) is 0.389. The van der Waals surface area contributed by atoms with Crippen molar-refractivity contribution in [2.24, 2.45) is 0 Å². The molecular weight excluding hydrogens is 402 g/mol. The Labute approximate surface area is 170 Å². The summed E-state index contributed by atoms with van der Waals surface area (Å²) < 4.78 is 12.6. The molecular formula is C18H20ClN5O5. The molecule has 1 aliphatic heterocycles. The summed E-state index contributed by atoms with van der Waals surface area (Å²) in [4.78, 5) is 12.6. The summed E-state index contributed by atoms with van der Waals surface area (Å²) in [5.41, 5.74) is 7.57. The van der Waals surface area contributed by atoms with Gasteiger partial charge in [0.15, 0.2) is 23.2 Å². The van der Waals surface area contributed by atoms with Crippen molar-refractivity contribution < 1.29 is 24.8 Å². The highest BCUT2D eigenvalue weighted by Gasteiger charge is 2.44. The van der Waals surface area contributed by atoms with Crippen LogP contribution in [0.1, 0.15) is 11.8 Å². The third-order valence-corrected chi connectivity index (χ3v) is 4.97. The van der Waals surface area contributed by atoms with Gasteiger partial charge in [0.1, 0.15) is 18.3 Å². The maximum absolute atomic E-state index is 10.3. The van der Waals surface area contributed by atoms with Crippen LogP contribution >= 0.6 is 11.6 Å². The summed E-state index contributed by atoms with van der Waals surface area (Å²) in [6, 6.07) is 7.48. The molecule has 3 aromatic rings. The van der Waals surface area contributed by atoms with E-state index in [2.05, 4.69) is 15.0 Å². The van der Waals surface area contributed by atoms with Crippen LogP contribution in [-0.4, -0.2) is 66.4 Å². The molecule has 4 rings (SSSR count). The fourth-order valence-electron chi connectivity index (χ4n) is 3.23. The van der Waals surface area contributed by atoms with Gasteiger partial charge in [-0.2, -0.15) is 9.97 Å². The number of hydrogen-bond acceptors (Lipinski definition) is 9. The highest BCUT2D eigenvalue weighted by Crippen LogP contribution is 2.32. The molecule has 0 radical (unpaired) electrons. The molecule has 2 aromatic heterocycles. The second-order valence-corrected chi connectivity index (χ2v) is 7.11. The Morgan fingerprint density at radius 3 is 2.79 bits per heavy atom. The maximum Gasteiger partial charge on any atom is 0.320 e. The number of aliphatic hydroxyl groups excluding tert-OH is 3. The summed E-state index contributed by atoms with van der Waals surface area (Å²) in [5.74, 6) is 0.109. The molecule has 1 fully saturated rings. The van der Waals surface area contributed by atoms with Gasteiger partial charge in [0, 0.05) is 11.4 Å². The van der Waals surface area contributed by atoms with E-state index in [0.29, 0.717) is 23.6 Å². The zero-order valence-electron chi connectivity index (χ0n) is 15.2. The molecule has 29 heavy (non-hydrogen) atoms. The molecule has 0 spiro atoms. The Kier molecular flexibility index (Phi) is 5.52. The Hall–Kier alpha value is -2.50. The lowest BCUT2D eigenvalue weighted by Gasteiger charge is -2.16. The van der Waals surface area contributed by atoms with Crippen LogP contribution in [0.4, 0.5) is 5.82 Å². The van der Waals surface area contributed by atoms with Crippen molar-refractivity contribution in [3.63, 3.8) is 0 Å². The van der Waals surface area contributed by atoms with Crippen molar-refractivity contribution in [2.45, 2.75) is 31.0 Å². The average Bonchev–Trinajstić information content (AvgIpc) is 3.24. The van der Waals surface area contributed by atoms with Gasteiger partial charge in [-0.1, -0.05) is 23.7 Å². The summed E-state index contributed by atoms with van der Waals surface area (Å²) in [6.45, 7) is -0.135. The van der Waals surface area contributed by atoms with Gasteiger partial charge in [-0.15, -0.1) is 0 Å². The van der Waals surface area contributed by atoms with Gasteiger partial charge >= 0.3 is 6.01 Å². The number of hydrogen-bond donors (Lipinski definition) is 4. The first-order valence-corrected chi connectivity index (χ1v) is 9.35. The second-order valence-electron chi connectivity index (χ2n) is 6.67. The summed E-state index contributed by atoms with van der Waals surface area (Å²) in [7, 11) is 0. The summed E-state index contributed by atoms with van der Waals surface area (Å²) >= 11 is 5.98. The largest absolute Gasteiger partial charge is 0.463 e. The molecule has 1 aliphatic rings. The normalized spacial score (nSPS) is 24.3. The Bertz CT molecular complexity index is 1020. The van der Waals surface area contributed by atoms with Crippen LogP contribution in [0.5, 0.6) is 6.01 Å². The molecule has 0 aliphatic carbocycles. The monoisotopic (exact) mass is 421 g/mol. The Morgan fingerprint density at radius 1 is 1.24 bits per heavy atom. The van der Waals surface area contributed by atoms with E-state index in [-0.39, 0.29) is 17.5 Å². The van der Waals surface area contributed by atoms with Crippen molar-refractivity contribution in [1.29, 1.82) is 0 Å². The van der Waals surface area contributed by atoms with Crippen molar-refractivity contribution in [2.75, 3.05) is 18.9 Å². The minimum absolute atomic E-state index is 0.0468. The van der Waals surface area contributed by atoms with E-state index in [1.807, 2.05) is 18.2 Å². The van der Waals surface area contributed by atoms with Crippen LogP contribution in [0, 0.1) is 0 Å². The molecule has 0 amide bonds. The van der Waals surface area contributed by atoms with Crippen molar-refractivity contribution in [3.8, 4) is 6.01 Å². The van der Waals surface area contributed by atoms with E-state index in [1.165, 1.54) is 10.9 Å². The van der Waals surface area contributed by atoms with E-state index in [4.69, 9.17) is 26.8 Å². The molecule has 5 N–H and O–H groups in total. The summed E-state index contributed by atoms with van der Waals surface area (Å²) in [6.07, 6.45) is -2.44. The Morgan fingerprint density at radius 2 is 2.07 bits per heavy atom. The van der Waals surface area contributed by atoms with Gasteiger partial charge in [0.2, 0.25) is 0 Å². The zero-order valence-corrected chi connectivity index (χ0v) is 16.0. The van der Waals surface area contributed by atoms with Crippen LogP contribution in [0.3, 0.4) is 0 Å². The number of imidazole rings is 1. The molecule has 10 nitrogen and oxygen atoms in total. The van der Waals surface area contributed by atoms with Crippen LogP contribution in [0.15, 0.2) is 30.6 Å². The molecule has 0 unspecified atom stereocenters. The molecule has 3 heterocycles. The minimum atomic E-state index is -1.27. The average molecular weight is 422 g/mol. The number of nitrogen functional groups attached to an aromatic ring is 1. The number of ether oxygens (including phenoxy) is 2.